The van der Waals surface area contributed by atoms with E-state index in [9.17, 15) is 9.90 Å². The highest BCUT2D eigenvalue weighted by Crippen LogP contribution is 2.32. The third-order valence-electron chi connectivity index (χ3n) is 4.64. The van der Waals surface area contributed by atoms with Gasteiger partial charge in [-0.1, -0.05) is 36.4 Å². The third kappa shape index (κ3) is 3.80. The van der Waals surface area contributed by atoms with Gasteiger partial charge in [0.2, 0.25) is 0 Å². The molecule has 2 aromatic rings. The SMILES string of the molecule is Cc1nc(C)c(/C=C/C2CC(O)CC(=O)O2)c(-c2ccccc2)c1C. The van der Waals surface area contributed by atoms with Gasteiger partial charge < -0.3 is 9.84 Å². The summed E-state index contributed by atoms with van der Waals surface area (Å²) in [5.41, 5.74) is 6.37. The Hall–Kier alpha value is -2.46. The van der Waals surface area contributed by atoms with E-state index in [1.807, 2.05) is 44.2 Å². The number of pyridine rings is 1. The molecular weight excluding hydrogens is 314 g/mol. The molecule has 1 aromatic heterocycles. The Balaban J connectivity index is 2.02. The fourth-order valence-corrected chi connectivity index (χ4v) is 3.27. The molecule has 1 fully saturated rings. The van der Waals surface area contributed by atoms with E-state index in [-0.39, 0.29) is 12.4 Å². The number of carbonyl (C=O) groups is 1. The lowest BCUT2D eigenvalue weighted by molar-refractivity contribution is -0.156. The molecule has 2 atom stereocenters. The fraction of sp³-hybridized carbons (Fsp3) is 0.333. The molecule has 1 aliphatic rings. The molecule has 0 saturated carbocycles. The predicted octanol–water partition coefficient (Wildman–Crippen LogP) is 3.75. The number of aromatic nitrogens is 1. The Morgan fingerprint density at radius 3 is 2.56 bits per heavy atom. The largest absolute Gasteiger partial charge is 0.458 e. The zero-order valence-electron chi connectivity index (χ0n) is 14.8. The van der Waals surface area contributed by atoms with Crippen molar-refractivity contribution in [3.63, 3.8) is 0 Å². The topological polar surface area (TPSA) is 59.4 Å². The van der Waals surface area contributed by atoms with Crippen molar-refractivity contribution >= 4 is 12.0 Å². The molecule has 0 amide bonds. The summed E-state index contributed by atoms with van der Waals surface area (Å²) in [6.07, 6.45) is 3.28. The molecule has 1 N–H and O–H groups in total. The summed E-state index contributed by atoms with van der Waals surface area (Å²) in [6.45, 7) is 6.08. The Bertz CT molecular complexity index is 812. The molecule has 2 unspecified atom stereocenters. The van der Waals surface area contributed by atoms with Crippen LogP contribution in [0, 0.1) is 20.8 Å². The molecule has 1 aromatic carbocycles. The summed E-state index contributed by atoms with van der Waals surface area (Å²) in [7, 11) is 0. The molecule has 0 radical (unpaired) electrons. The standard InChI is InChI=1S/C21H23NO3/c1-13-14(2)22-15(3)19(21(13)16-7-5-4-6-8-16)10-9-18-11-17(23)12-20(24)25-18/h4-10,17-18,23H,11-12H2,1-3H3/b10-9+. The van der Waals surface area contributed by atoms with Crippen molar-refractivity contribution in [3.05, 3.63) is 58.9 Å². The average Bonchev–Trinajstić information content (AvgIpc) is 2.57. The number of ether oxygens (including phenoxy) is 1. The summed E-state index contributed by atoms with van der Waals surface area (Å²) in [5, 5.41) is 9.77. The summed E-state index contributed by atoms with van der Waals surface area (Å²) < 4.78 is 5.31. The highest BCUT2D eigenvalue weighted by molar-refractivity contribution is 5.80. The van der Waals surface area contributed by atoms with Gasteiger partial charge in [-0.3, -0.25) is 9.78 Å². The zero-order chi connectivity index (χ0) is 18.0. The number of nitrogens with zero attached hydrogens (tertiary/aromatic N) is 1. The van der Waals surface area contributed by atoms with Crippen LogP contribution in [0.4, 0.5) is 0 Å². The molecule has 4 heteroatoms. The number of carbonyl (C=O) groups excluding carboxylic acids is 1. The molecule has 25 heavy (non-hydrogen) atoms. The van der Waals surface area contributed by atoms with Crippen LogP contribution in [0.15, 0.2) is 36.4 Å². The highest BCUT2D eigenvalue weighted by atomic mass is 16.5. The van der Waals surface area contributed by atoms with Gasteiger partial charge in [-0.15, -0.1) is 0 Å². The minimum atomic E-state index is -0.636. The second-order valence-electron chi connectivity index (χ2n) is 6.54. The second kappa shape index (κ2) is 7.19. The van der Waals surface area contributed by atoms with E-state index in [1.54, 1.807) is 0 Å². The first-order valence-corrected chi connectivity index (χ1v) is 8.54. The monoisotopic (exact) mass is 337 g/mol. The van der Waals surface area contributed by atoms with Gasteiger partial charge in [0.05, 0.1) is 12.5 Å². The maximum absolute atomic E-state index is 11.5. The number of aliphatic hydroxyl groups excluding tert-OH is 1. The van der Waals surface area contributed by atoms with E-state index >= 15 is 0 Å². The van der Waals surface area contributed by atoms with Crippen LogP contribution in [0.5, 0.6) is 0 Å². The van der Waals surface area contributed by atoms with Crippen molar-refractivity contribution in [2.45, 2.75) is 45.8 Å². The summed E-state index contributed by atoms with van der Waals surface area (Å²) >= 11 is 0. The number of hydrogen-bond donors (Lipinski definition) is 1. The summed E-state index contributed by atoms with van der Waals surface area (Å²) in [4.78, 5) is 16.2. The molecule has 1 saturated heterocycles. The Morgan fingerprint density at radius 1 is 1.16 bits per heavy atom. The zero-order valence-corrected chi connectivity index (χ0v) is 14.8. The van der Waals surface area contributed by atoms with Gasteiger partial charge in [-0.25, -0.2) is 0 Å². The maximum Gasteiger partial charge on any atom is 0.309 e. The van der Waals surface area contributed by atoms with E-state index in [2.05, 4.69) is 24.0 Å². The number of cyclic esters (lactones) is 1. The molecular formula is C21H23NO3. The van der Waals surface area contributed by atoms with Gasteiger partial charge in [0.1, 0.15) is 6.10 Å². The first-order valence-electron chi connectivity index (χ1n) is 8.54. The lowest BCUT2D eigenvalue weighted by Gasteiger charge is -2.23. The summed E-state index contributed by atoms with van der Waals surface area (Å²) in [6, 6.07) is 10.2. The third-order valence-corrected chi connectivity index (χ3v) is 4.64. The Kier molecular flexibility index (Phi) is 5.00. The van der Waals surface area contributed by atoms with Crippen LogP contribution in [-0.4, -0.2) is 28.3 Å². The van der Waals surface area contributed by atoms with Crippen molar-refractivity contribution in [3.8, 4) is 11.1 Å². The number of benzene rings is 1. The second-order valence-corrected chi connectivity index (χ2v) is 6.54. The van der Waals surface area contributed by atoms with Crippen LogP contribution in [0.3, 0.4) is 0 Å². The van der Waals surface area contributed by atoms with Crippen molar-refractivity contribution in [2.75, 3.05) is 0 Å². The van der Waals surface area contributed by atoms with Crippen LogP contribution < -0.4 is 0 Å². The Morgan fingerprint density at radius 2 is 1.88 bits per heavy atom. The number of aryl methyl sites for hydroxylation is 2. The van der Waals surface area contributed by atoms with E-state index in [0.29, 0.717) is 6.42 Å². The van der Waals surface area contributed by atoms with Gasteiger partial charge in [0.15, 0.2) is 0 Å². The molecule has 1 aliphatic heterocycles. The van der Waals surface area contributed by atoms with Gasteiger partial charge in [0.25, 0.3) is 0 Å². The van der Waals surface area contributed by atoms with Crippen LogP contribution in [0.1, 0.15) is 35.4 Å². The molecule has 4 nitrogen and oxygen atoms in total. The van der Waals surface area contributed by atoms with Crippen molar-refractivity contribution in [2.24, 2.45) is 0 Å². The number of aliphatic hydroxyl groups is 1. The molecule has 130 valence electrons. The van der Waals surface area contributed by atoms with Crippen molar-refractivity contribution in [1.82, 2.24) is 4.98 Å². The van der Waals surface area contributed by atoms with Gasteiger partial charge >= 0.3 is 5.97 Å². The van der Waals surface area contributed by atoms with E-state index < -0.39 is 12.2 Å². The summed E-state index contributed by atoms with van der Waals surface area (Å²) in [5.74, 6) is -0.355. The van der Waals surface area contributed by atoms with E-state index in [0.717, 1.165) is 33.6 Å². The highest BCUT2D eigenvalue weighted by Gasteiger charge is 2.25. The Labute approximate surface area is 148 Å². The van der Waals surface area contributed by atoms with Crippen LogP contribution >= 0.6 is 0 Å². The van der Waals surface area contributed by atoms with Crippen LogP contribution in [0.2, 0.25) is 0 Å². The van der Waals surface area contributed by atoms with Crippen molar-refractivity contribution in [1.29, 1.82) is 0 Å². The van der Waals surface area contributed by atoms with Crippen LogP contribution in [0.25, 0.3) is 17.2 Å². The minimum absolute atomic E-state index is 0.0732. The first kappa shape index (κ1) is 17.4. The molecule has 0 bridgehead atoms. The van der Waals surface area contributed by atoms with Crippen LogP contribution in [-0.2, 0) is 9.53 Å². The van der Waals surface area contributed by atoms with Gasteiger partial charge in [0, 0.05) is 23.4 Å². The lowest BCUT2D eigenvalue weighted by atomic mass is 9.92. The van der Waals surface area contributed by atoms with Crippen molar-refractivity contribution < 1.29 is 14.6 Å². The minimum Gasteiger partial charge on any atom is -0.458 e. The first-order chi connectivity index (χ1) is 12.0. The van der Waals surface area contributed by atoms with E-state index in [4.69, 9.17) is 4.74 Å². The number of rotatable bonds is 3. The quantitative estimate of drug-likeness (QED) is 0.867. The number of esters is 1. The maximum atomic E-state index is 11.5. The predicted molar refractivity (Wildman–Crippen MR) is 98.0 cm³/mol. The smallest absolute Gasteiger partial charge is 0.309 e. The molecule has 2 heterocycles. The number of hydrogen-bond acceptors (Lipinski definition) is 4. The van der Waals surface area contributed by atoms with E-state index in [1.165, 1.54) is 0 Å². The lowest BCUT2D eigenvalue weighted by Crippen LogP contribution is -2.31. The molecule has 0 aliphatic carbocycles. The average molecular weight is 337 g/mol. The normalized spacial score (nSPS) is 20.7. The molecule has 3 rings (SSSR count). The fourth-order valence-electron chi connectivity index (χ4n) is 3.27. The molecule has 0 spiro atoms. The van der Waals surface area contributed by atoms with Gasteiger partial charge in [-0.2, -0.15) is 0 Å². The van der Waals surface area contributed by atoms with Gasteiger partial charge in [-0.05, 0) is 43.5 Å².